The fourth-order valence-electron chi connectivity index (χ4n) is 4.00. The van der Waals surface area contributed by atoms with Gasteiger partial charge >= 0.3 is 0 Å². The van der Waals surface area contributed by atoms with Crippen LogP contribution in [0.3, 0.4) is 0 Å². The number of aromatic nitrogens is 2. The zero-order chi connectivity index (χ0) is 20.9. The molecular weight excluding hydrogens is 378 g/mol. The molecule has 1 aliphatic rings. The van der Waals surface area contributed by atoms with Gasteiger partial charge in [0.25, 0.3) is 5.56 Å². The molecule has 156 valence electrons. The number of benzene rings is 2. The van der Waals surface area contributed by atoms with E-state index in [0.29, 0.717) is 43.7 Å². The van der Waals surface area contributed by atoms with Crippen molar-refractivity contribution in [1.82, 2.24) is 14.9 Å². The molecule has 0 saturated heterocycles. The van der Waals surface area contributed by atoms with Crippen LogP contribution in [0.4, 0.5) is 0 Å². The van der Waals surface area contributed by atoms with E-state index in [2.05, 4.69) is 9.88 Å². The Morgan fingerprint density at radius 2 is 1.97 bits per heavy atom. The quantitative estimate of drug-likeness (QED) is 0.631. The zero-order valence-electron chi connectivity index (χ0n) is 17.2. The van der Waals surface area contributed by atoms with Crippen molar-refractivity contribution in [3.63, 3.8) is 0 Å². The number of rotatable bonds is 7. The van der Waals surface area contributed by atoms with E-state index in [1.165, 1.54) is 0 Å². The first kappa shape index (κ1) is 20.3. The maximum absolute atomic E-state index is 12.7. The summed E-state index contributed by atoms with van der Waals surface area (Å²) in [7, 11) is 1.64. The molecule has 2 N–H and O–H groups in total. The lowest BCUT2D eigenvalue weighted by molar-refractivity contribution is 0.105. The Kier molecular flexibility index (Phi) is 6.26. The summed E-state index contributed by atoms with van der Waals surface area (Å²) in [5.74, 6) is 1.46. The summed E-state index contributed by atoms with van der Waals surface area (Å²) in [5, 5.41) is 10.5. The lowest BCUT2D eigenvalue weighted by Gasteiger charge is -2.29. The summed E-state index contributed by atoms with van der Waals surface area (Å²) >= 11 is 0. The van der Waals surface area contributed by atoms with Crippen LogP contribution in [-0.2, 0) is 25.8 Å². The third-order valence-electron chi connectivity index (χ3n) is 5.49. The number of aliphatic hydroxyl groups is 1. The molecule has 0 radical (unpaired) electrons. The number of hydrogen-bond acceptors (Lipinski definition) is 5. The summed E-state index contributed by atoms with van der Waals surface area (Å²) < 4.78 is 5.27. The summed E-state index contributed by atoms with van der Waals surface area (Å²) in [6, 6.07) is 17.8. The number of aliphatic hydroxyl groups excluding tert-OH is 1. The minimum atomic E-state index is -0.465. The van der Waals surface area contributed by atoms with E-state index in [9.17, 15) is 9.90 Å². The van der Waals surface area contributed by atoms with Gasteiger partial charge in [0.2, 0.25) is 0 Å². The fourth-order valence-corrected chi connectivity index (χ4v) is 4.00. The summed E-state index contributed by atoms with van der Waals surface area (Å²) in [5.41, 5.74) is 3.65. The second kappa shape index (κ2) is 9.24. The maximum atomic E-state index is 12.7. The highest BCUT2D eigenvalue weighted by Crippen LogP contribution is 2.18. The molecule has 0 saturated carbocycles. The van der Waals surface area contributed by atoms with Crippen molar-refractivity contribution in [3.8, 4) is 5.75 Å². The Morgan fingerprint density at radius 1 is 1.17 bits per heavy atom. The van der Waals surface area contributed by atoms with Gasteiger partial charge in [-0.3, -0.25) is 9.69 Å². The maximum Gasteiger partial charge on any atom is 0.255 e. The monoisotopic (exact) mass is 405 g/mol. The van der Waals surface area contributed by atoms with Crippen molar-refractivity contribution in [3.05, 3.63) is 93.2 Å². The molecular formula is C24H27N3O3. The summed E-state index contributed by atoms with van der Waals surface area (Å²) in [4.78, 5) is 22.5. The average Bonchev–Trinajstić information content (AvgIpc) is 2.75. The molecule has 2 aromatic carbocycles. The predicted octanol–water partition coefficient (Wildman–Crippen LogP) is 2.33. The van der Waals surface area contributed by atoms with Crippen LogP contribution in [0.1, 0.15) is 28.2 Å². The van der Waals surface area contributed by atoms with Crippen molar-refractivity contribution >= 4 is 0 Å². The third-order valence-corrected chi connectivity index (χ3v) is 5.49. The largest absolute Gasteiger partial charge is 0.497 e. The van der Waals surface area contributed by atoms with Crippen molar-refractivity contribution in [2.45, 2.75) is 31.9 Å². The van der Waals surface area contributed by atoms with Crippen molar-refractivity contribution in [1.29, 1.82) is 0 Å². The first-order chi connectivity index (χ1) is 14.6. The van der Waals surface area contributed by atoms with Crippen LogP contribution < -0.4 is 10.3 Å². The molecule has 0 bridgehead atoms. The number of methoxy groups -OCH3 is 1. The molecule has 6 nitrogen and oxygen atoms in total. The number of H-pyrrole nitrogens is 1. The van der Waals surface area contributed by atoms with Gasteiger partial charge in [0.1, 0.15) is 11.6 Å². The minimum absolute atomic E-state index is 0.0832. The van der Waals surface area contributed by atoms with Crippen molar-refractivity contribution in [2.75, 3.05) is 20.2 Å². The number of β-amino-alcohol motifs (C(OH)–C–C–N with tert-alkyl or cyclic N) is 1. The van der Waals surface area contributed by atoms with Crippen LogP contribution in [-0.4, -0.2) is 46.3 Å². The third kappa shape index (κ3) is 4.96. The van der Waals surface area contributed by atoms with E-state index in [1.807, 2.05) is 54.6 Å². The van der Waals surface area contributed by atoms with E-state index in [1.54, 1.807) is 7.11 Å². The average molecular weight is 405 g/mol. The highest BCUT2D eigenvalue weighted by atomic mass is 16.5. The van der Waals surface area contributed by atoms with Gasteiger partial charge in [-0.05, 0) is 29.7 Å². The van der Waals surface area contributed by atoms with Gasteiger partial charge in [-0.25, -0.2) is 4.98 Å². The smallest absolute Gasteiger partial charge is 0.255 e. The Balaban J connectivity index is 1.42. The molecule has 0 aliphatic carbocycles. The Bertz CT molecular complexity index is 1050. The Labute approximate surface area is 176 Å². The Morgan fingerprint density at radius 3 is 2.77 bits per heavy atom. The second-order valence-corrected chi connectivity index (χ2v) is 7.79. The molecule has 6 heteroatoms. The summed E-state index contributed by atoms with van der Waals surface area (Å²) in [6.07, 6.45) is 1.41. The summed E-state index contributed by atoms with van der Waals surface area (Å²) in [6.45, 7) is 1.84. The highest BCUT2D eigenvalue weighted by molar-refractivity contribution is 5.31. The molecule has 4 rings (SSSR count). The van der Waals surface area contributed by atoms with Gasteiger partial charge in [0, 0.05) is 32.5 Å². The molecule has 1 atom stereocenters. The molecule has 2 heterocycles. The molecule has 3 aromatic rings. The first-order valence-electron chi connectivity index (χ1n) is 10.3. The number of ether oxygens (including phenoxy) is 1. The van der Waals surface area contributed by atoms with Crippen LogP contribution in [0.2, 0.25) is 0 Å². The van der Waals surface area contributed by atoms with Gasteiger partial charge < -0.3 is 14.8 Å². The van der Waals surface area contributed by atoms with Crippen LogP contribution in [0.5, 0.6) is 5.75 Å². The highest BCUT2D eigenvalue weighted by Gasteiger charge is 2.23. The molecule has 0 spiro atoms. The van der Waals surface area contributed by atoms with Crippen LogP contribution in [0.15, 0.2) is 59.4 Å². The van der Waals surface area contributed by atoms with Gasteiger partial charge in [-0.2, -0.15) is 0 Å². The van der Waals surface area contributed by atoms with Gasteiger partial charge in [0.05, 0.1) is 24.5 Å². The van der Waals surface area contributed by atoms with Crippen molar-refractivity contribution in [2.24, 2.45) is 0 Å². The molecule has 1 unspecified atom stereocenters. The van der Waals surface area contributed by atoms with E-state index in [-0.39, 0.29) is 5.56 Å². The standard InChI is InChI=1S/C24H27N3O3/c1-30-20-9-5-8-18(13-20)14-23-25-22-10-11-27(16-21(22)24(29)26-23)15-19(28)12-17-6-3-2-4-7-17/h2-9,13,19,28H,10-12,14-16H2,1H3,(H,25,26,29). The van der Waals surface area contributed by atoms with Crippen LogP contribution in [0, 0.1) is 0 Å². The van der Waals surface area contributed by atoms with Crippen molar-refractivity contribution < 1.29 is 9.84 Å². The SMILES string of the molecule is COc1cccc(Cc2nc3c(c(=O)[nH]2)CN(CC(O)Cc2ccccc2)CC3)c1. The molecule has 0 amide bonds. The van der Waals surface area contributed by atoms with Gasteiger partial charge in [-0.15, -0.1) is 0 Å². The lowest BCUT2D eigenvalue weighted by Crippen LogP contribution is -2.40. The zero-order valence-corrected chi connectivity index (χ0v) is 17.2. The van der Waals surface area contributed by atoms with E-state index in [0.717, 1.165) is 29.1 Å². The second-order valence-electron chi connectivity index (χ2n) is 7.79. The number of hydrogen-bond donors (Lipinski definition) is 2. The van der Waals surface area contributed by atoms with E-state index in [4.69, 9.17) is 9.72 Å². The first-order valence-corrected chi connectivity index (χ1v) is 10.3. The van der Waals surface area contributed by atoms with Crippen LogP contribution in [0.25, 0.3) is 0 Å². The topological polar surface area (TPSA) is 78.5 Å². The molecule has 1 aliphatic heterocycles. The van der Waals surface area contributed by atoms with Gasteiger partial charge in [-0.1, -0.05) is 42.5 Å². The number of aromatic amines is 1. The van der Waals surface area contributed by atoms with Crippen LogP contribution >= 0.6 is 0 Å². The Hall–Kier alpha value is -2.96. The van der Waals surface area contributed by atoms with E-state index >= 15 is 0 Å². The minimum Gasteiger partial charge on any atom is -0.497 e. The molecule has 1 aromatic heterocycles. The van der Waals surface area contributed by atoms with E-state index < -0.39 is 6.10 Å². The van der Waals surface area contributed by atoms with Gasteiger partial charge in [0.15, 0.2) is 0 Å². The number of nitrogens with zero attached hydrogens (tertiary/aromatic N) is 2. The lowest BCUT2D eigenvalue weighted by atomic mass is 10.0. The fraction of sp³-hybridized carbons (Fsp3) is 0.333. The number of nitrogens with one attached hydrogen (secondary N) is 1. The molecule has 30 heavy (non-hydrogen) atoms. The molecule has 0 fully saturated rings. The number of fused-ring (bicyclic) bond motifs is 1. The normalized spacial score (nSPS) is 14.9. The predicted molar refractivity (Wildman–Crippen MR) is 116 cm³/mol.